The molecular weight excluding hydrogens is 481 g/mol. The van der Waals surface area contributed by atoms with E-state index in [-0.39, 0.29) is 11.7 Å². The number of hydrogen-bond donors (Lipinski definition) is 1. The van der Waals surface area contributed by atoms with Crippen molar-refractivity contribution in [1.82, 2.24) is 14.9 Å². The second-order valence-corrected chi connectivity index (χ2v) is 9.00. The third-order valence-corrected chi connectivity index (χ3v) is 6.28. The number of allylic oxidation sites excluding steroid dienone is 1. The van der Waals surface area contributed by atoms with Crippen LogP contribution in [0.5, 0.6) is 11.5 Å². The van der Waals surface area contributed by atoms with Gasteiger partial charge in [-0.25, -0.2) is 9.37 Å². The van der Waals surface area contributed by atoms with Crippen molar-refractivity contribution in [2.24, 2.45) is 0 Å². The number of fused-ring (bicyclic) bond motifs is 1. The van der Waals surface area contributed by atoms with E-state index in [0.29, 0.717) is 18.7 Å². The van der Waals surface area contributed by atoms with Gasteiger partial charge in [-0.2, -0.15) is 0 Å². The average Bonchev–Trinajstić information content (AvgIpc) is 3.29. The molecule has 3 aromatic carbocycles. The van der Waals surface area contributed by atoms with Crippen molar-refractivity contribution in [1.29, 1.82) is 0 Å². The lowest BCUT2D eigenvalue weighted by molar-refractivity contribution is 0.0953. The Morgan fingerprint density at radius 1 is 1.03 bits per heavy atom. The van der Waals surface area contributed by atoms with Gasteiger partial charge in [0.15, 0.2) is 11.5 Å². The Hall–Kier alpha value is -4.13. The number of imidazole rings is 1. The van der Waals surface area contributed by atoms with Crippen LogP contribution < -0.4 is 14.8 Å². The molecule has 0 aliphatic heterocycles. The summed E-state index contributed by atoms with van der Waals surface area (Å²) in [6, 6.07) is 19.6. The van der Waals surface area contributed by atoms with Gasteiger partial charge in [0, 0.05) is 25.1 Å². The zero-order valence-electron chi connectivity index (χ0n) is 22.0. The SMILES string of the molecule is C/C=C/c1ccc(OCCCCn2c(CCCNC(=O)c3ccc(F)cc3)nc3ccccc32)c(OC)c1. The molecule has 0 atom stereocenters. The van der Waals surface area contributed by atoms with Gasteiger partial charge in [0.1, 0.15) is 11.6 Å². The molecule has 4 aromatic rings. The van der Waals surface area contributed by atoms with Crippen LogP contribution in [-0.4, -0.2) is 35.7 Å². The molecule has 0 unspecified atom stereocenters. The van der Waals surface area contributed by atoms with Gasteiger partial charge in [-0.1, -0.05) is 30.4 Å². The van der Waals surface area contributed by atoms with Gasteiger partial charge in [-0.05, 0) is 80.3 Å². The number of benzene rings is 3. The number of hydrogen-bond acceptors (Lipinski definition) is 4. The highest BCUT2D eigenvalue weighted by molar-refractivity contribution is 5.94. The molecule has 0 radical (unpaired) electrons. The van der Waals surface area contributed by atoms with E-state index in [0.717, 1.165) is 66.1 Å². The molecule has 0 aliphatic carbocycles. The molecule has 1 amide bonds. The molecule has 0 saturated heterocycles. The molecule has 1 N–H and O–H groups in total. The van der Waals surface area contributed by atoms with Gasteiger partial charge in [0.05, 0.1) is 24.8 Å². The molecule has 6 nitrogen and oxygen atoms in total. The molecular formula is C31H34FN3O3. The number of methoxy groups -OCH3 is 1. The summed E-state index contributed by atoms with van der Waals surface area (Å²) in [5, 5.41) is 2.91. The van der Waals surface area contributed by atoms with Crippen LogP contribution in [0.3, 0.4) is 0 Å². The van der Waals surface area contributed by atoms with Gasteiger partial charge < -0.3 is 19.4 Å². The first kappa shape index (κ1) is 26.9. The number of carbonyl (C=O) groups is 1. The van der Waals surface area contributed by atoms with Crippen molar-refractivity contribution in [2.45, 2.75) is 39.2 Å². The van der Waals surface area contributed by atoms with E-state index in [1.165, 1.54) is 24.3 Å². The second-order valence-electron chi connectivity index (χ2n) is 9.00. The highest BCUT2D eigenvalue weighted by Gasteiger charge is 2.11. The quantitative estimate of drug-likeness (QED) is 0.208. The lowest BCUT2D eigenvalue weighted by Gasteiger charge is -2.12. The Morgan fingerprint density at radius 3 is 2.63 bits per heavy atom. The fourth-order valence-electron chi connectivity index (χ4n) is 4.37. The average molecular weight is 516 g/mol. The molecule has 38 heavy (non-hydrogen) atoms. The number of carbonyl (C=O) groups excluding carboxylic acids is 1. The van der Waals surface area contributed by atoms with Gasteiger partial charge in [-0.3, -0.25) is 4.79 Å². The molecule has 1 aromatic heterocycles. The number of aromatic nitrogens is 2. The maximum atomic E-state index is 13.1. The summed E-state index contributed by atoms with van der Waals surface area (Å²) in [5.74, 6) is 1.92. The highest BCUT2D eigenvalue weighted by atomic mass is 19.1. The van der Waals surface area contributed by atoms with Crippen LogP contribution in [0.25, 0.3) is 17.1 Å². The Bertz CT molecular complexity index is 1380. The van der Waals surface area contributed by atoms with Gasteiger partial charge >= 0.3 is 0 Å². The number of rotatable bonds is 13. The van der Waals surface area contributed by atoms with Crippen LogP contribution in [0.2, 0.25) is 0 Å². The number of nitrogens with one attached hydrogen (secondary N) is 1. The van der Waals surface area contributed by atoms with Crippen molar-refractivity contribution in [3.63, 3.8) is 0 Å². The first-order valence-corrected chi connectivity index (χ1v) is 13.0. The summed E-state index contributed by atoms with van der Waals surface area (Å²) in [6.45, 7) is 3.93. The minimum absolute atomic E-state index is 0.202. The summed E-state index contributed by atoms with van der Waals surface area (Å²) in [5.41, 5.74) is 3.61. The summed E-state index contributed by atoms with van der Waals surface area (Å²) < 4.78 is 26.9. The van der Waals surface area contributed by atoms with E-state index in [4.69, 9.17) is 14.5 Å². The van der Waals surface area contributed by atoms with E-state index in [9.17, 15) is 9.18 Å². The predicted octanol–water partition coefficient (Wildman–Crippen LogP) is 6.44. The Labute approximate surface area is 223 Å². The minimum atomic E-state index is -0.356. The zero-order chi connectivity index (χ0) is 26.7. The van der Waals surface area contributed by atoms with Crippen LogP contribution in [0.4, 0.5) is 4.39 Å². The molecule has 0 fully saturated rings. The summed E-state index contributed by atoms with van der Waals surface area (Å²) in [7, 11) is 1.65. The molecule has 0 spiro atoms. The van der Waals surface area contributed by atoms with Crippen LogP contribution in [0, 0.1) is 5.82 Å². The van der Waals surface area contributed by atoms with E-state index < -0.39 is 0 Å². The number of unbranched alkanes of at least 4 members (excludes halogenated alkanes) is 1. The van der Waals surface area contributed by atoms with Crippen LogP contribution in [-0.2, 0) is 13.0 Å². The number of para-hydroxylation sites is 2. The monoisotopic (exact) mass is 515 g/mol. The lowest BCUT2D eigenvalue weighted by atomic mass is 10.2. The lowest BCUT2D eigenvalue weighted by Crippen LogP contribution is -2.25. The Morgan fingerprint density at radius 2 is 1.84 bits per heavy atom. The van der Waals surface area contributed by atoms with Gasteiger partial charge in [-0.15, -0.1) is 0 Å². The molecule has 198 valence electrons. The molecule has 0 aliphatic rings. The van der Waals surface area contributed by atoms with Crippen molar-refractivity contribution in [2.75, 3.05) is 20.3 Å². The summed E-state index contributed by atoms with van der Waals surface area (Å²) in [6.07, 6.45) is 7.34. The number of ether oxygens (including phenoxy) is 2. The van der Waals surface area contributed by atoms with Crippen molar-refractivity contribution in [3.05, 3.63) is 95.6 Å². The van der Waals surface area contributed by atoms with E-state index in [2.05, 4.69) is 16.0 Å². The number of aryl methyl sites for hydroxylation is 2. The van der Waals surface area contributed by atoms with Crippen molar-refractivity contribution in [3.8, 4) is 11.5 Å². The third kappa shape index (κ3) is 7.00. The van der Waals surface area contributed by atoms with Crippen LogP contribution in [0.1, 0.15) is 47.9 Å². The van der Waals surface area contributed by atoms with Crippen LogP contribution >= 0.6 is 0 Å². The molecule has 0 saturated carbocycles. The molecule has 7 heteroatoms. The van der Waals surface area contributed by atoms with Gasteiger partial charge in [0.2, 0.25) is 0 Å². The van der Waals surface area contributed by atoms with Gasteiger partial charge in [0.25, 0.3) is 5.91 Å². The Kier molecular flexibility index (Phi) is 9.51. The summed E-state index contributed by atoms with van der Waals surface area (Å²) in [4.78, 5) is 17.1. The maximum Gasteiger partial charge on any atom is 0.251 e. The molecule has 0 bridgehead atoms. The fourth-order valence-corrected chi connectivity index (χ4v) is 4.37. The van der Waals surface area contributed by atoms with Crippen molar-refractivity contribution >= 4 is 23.0 Å². The standard InChI is InChI=1S/C31H34FN3O3/c1-3-9-23-13-18-28(29(22-23)37-2)38-21-7-6-20-35-27-11-5-4-10-26(27)34-30(35)12-8-19-33-31(36)24-14-16-25(32)17-15-24/h3-5,9-11,13-18,22H,6-8,12,19-21H2,1-2H3,(H,33,36)/b9-3+. The number of halogens is 1. The molecule has 4 rings (SSSR count). The second kappa shape index (κ2) is 13.4. The van der Waals surface area contributed by atoms with E-state index in [1.54, 1.807) is 7.11 Å². The fraction of sp³-hybridized carbons (Fsp3) is 0.290. The minimum Gasteiger partial charge on any atom is -0.493 e. The Balaban J connectivity index is 1.29. The highest BCUT2D eigenvalue weighted by Crippen LogP contribution is 2.29. The molecule has 1 heterocycles. The smallest absolute Gasteiger partial charge is 0.251 e. The maximum absolute atomic E-state index is 13.1. The van der Waals surface area contributed by atoms with Crippen LogP contribution in [0.15, 0.2) is 72.8 Å². The normalized spacial score (nSPS) is 11.2. The van der Waals surface area contributed by atoms with E-state index >= 15 is 0 Å². The number of amides is 1. The number of nitrogens with zero attached hydrogens (tertiary/aromatic N) is 2. The largest absolute Gasteiger partial charge is 0.493 e. The predicted molar refractivity (Wildman–Crippen MR) is 149 cm³/mol. The topological polar surface area (TPSA) is 65.4 Å². The third-order valence-electron chi connectivity index (χ3n) is 6.28. The zero-order valence-corrected chi connectivity index (χ0v) is 22.0. The first-order valence-electron chi connectivity index (χ1n) is 13.0. The van der Waals surface area contributed by atoms with Crippen molar-refractivity contribution < 1.29 is 18.7 Å². The van der Waals surface area contributed by atoms with E-state index in [1.807, 2.05) is 55.5 Å². The first-order chi connectivity index (χ1) is 18.6. The summed E-state index contributed by atoms with van der Waals surface area (Å²) >= 11 is 0.